The molecule has 130 valence electrons. The predicted octanol–water partition coefficient (Wildman–Crippen LogP) is 3.29. The molecule has 1 aliphatic carbocycles. The highest BCUT2D eigenvalue weighted by atomic mass is 16.2. The fourth-order valence-electron chi connectivity index (χ4n) is 3.24. The van der Waals surface area contributed by atoms with Gasteiger partial charge in [-0.2, -0.15) is 0 Å². The average molecular weight is 337 g/mol. The zero-order valence-corrected chi connectivity index (χ0v) is 14.6. The third-order valence-electron chi connectivity index (χ3n) is 4.87. The van der Waals surface area contributed by atoms with Crippen molar-refractivity contribution in [1.29, 1.82) is 0 Å². The molecule has 0 atom stereocenters. The van der Waals surface area contributed by atoms with E-state index in [4.69, 9.17) is 5.73 Å². The van der Waals surface area contributed by atoms with E-state index in [-0.39, 0.29) is 11.4 Å². The first-order valence-electron chi connectivity index (χ1n) is 8.39. The van der Waals surface area contributed by atoms with Crippen LogP contribution in [0.2, 0.25) is 0 Å². The zero-order chi connectivity index (χ0) is 18.0. The van der Waals surface area contributed by atoms with Gasteiger partial charge in [0, 0.05) is 30.3 Å². The Morgan fingerprint density at radius 1 is 1.16 bits per heavy atom. The molecular weight excluding hydrogens is 314 g/mol. The molecule has 2 aromatic rings. The summed E-state index contributed by atoms with van der Waals surface area (Å²) in [5.41, 5.74) is 8.55. The van der Waals surface area contributed by atoms with Crippen LogP contribution in [-0.4, -0.2) is 30.4 Å². The van der Waals surface area contributed by atoms with Gasteiger partial charge >= 0.3 is 6.03 Å². The molecule has 5 nitrogen and oxygen atoms in total. The number of carbonyl (C=O) groups excluding carboxylic acids is 2. The molecule has 25 heavy (non-hydrogen) atoms. The number of nitrogens with zero attached hydrogens (tertiary/aromatic N) is 1. The van der Waals surface area contributed by atoms with Crippen LogP contribution in [0.15, 0.2) is 48.5 Å². The summed E-state index contributed by atoms with van der Waals surface area (Å²) in [6.07, 6.45) is 2.20. The van der Waals surface area contributed by atoms with E-state index in [2.05, 4.69) is 17.4 Å². The smallest absolute Gasteiger partial charge is 0.321 e. The minimum atomic E-state index is -0.467. The third kappa shape index (κ3) is 3.65. The second-order valence-corrected chi connectivity index (χ2v) is 6.83. The van der Waals surface area contributed by atoms with Crippen LogP contribution in [-0.2, 0) is 5.41 Å². The molecule has 3 rings (SSSR count). The number of nitrogens with two attached hydrogens (primary N) is 1. The molecule has 2 aromatic carbocycles. The quantitative estimate of drug-likeness (QED) is 0.878. The standard InChI is InChI=1S/C20H23N3O2/c1-14-12-16(8-9-17(14)18(21)24)22-19(25)23(2)13-20(10-11-20)15-6-4-3-5-7-15/h3-9,12H,10-11,13H2,1-2H3,(H2,21,24)(H,22,25). The predicted molar refractivity (Wildman–Crippen MR) is 98.7 cm³/mol. The molecule has 0 aromatic heterocycles. The number of urea groups is 1. The van der Waals surface area contributed by atoms with Crippen molar-refractivity contribution < 1.29 is 9.59 Å². The summed E-state index contributed by atoms with van der Waals surface area (Å²) >= 11 is 0. The number of likely N-dealkylation sites (N-methyl/N-ethyl adjacent to an activating group) is 1. The van der Waals surface area contributed by atoms with E-state index in [1.54, 1.807) is 30.0 Å². The van der Waals surface area contributed by atoms with Gasteiger partial charge in [0.25, 0.3) is 0 Å². The topological polar surface area (TPSA) is 75.4 Å². The highest BCUT2D eigenvalue weighted by Crippen LogP contribution is 2.48. The highest BCUT2D eigenvalue weighted by Gasteiger charge is 2.45. The number of amides is 3. The molecule has 0 radical (unpaired) electrons. The van der Waals surface area contributed by atoms with Crippen molar-refractivity contribution in [3.8, 4) is 0 Å². The first-order chi connectivity index (χ1) is 11.9. The summed E-state index contributed by atoms with van der Waals surface area (Å²) in [7, 11) is 1.81. The molecule has 5 heteroatoms. The first kappa shape index (κ1) is 17.0. The summed E-state index contributed by atoms with van der Waals surface area (Å²) in [4.78, 5) is 25.5. The average Bonchev–Trinajstić information content (AvgIpc) is 3.36. The number of primary amides is 1. The monoisotopic (exact) mass is 337 g/mol. The van der Waals surface area contributed by atoms with Gasteiger partial charge in [0.2, 0.25) is 5.91 Å². The Balaban J connectivity index is 1.66. The number of carbonyl (C=O) groups is 2. The fourth-order valence-corrected chi connectivity index (χ4v) is 3.24. The van der Waals surface area contributed by atoms with E-state index >= 15 is 0 Å². The van der Waals surface area contributed by atoms with Crippen LogP contribution in [0.4, 0.5) is 10.5 Å². The minimum Gasteiger partial charge on any atom is -0.366 e. The summed E-state index contributed by atoms with van der Waals surface area (Å²) in [5.74, 6) is -0.467. The second-order valence-electron chi connectivity index (χ2n) is 6.83. The normalized spacial score (nSPS) is 14.6. The number of benzene rings is 2. The van der Waals surface area contributed by atoms with Crippen LogP contribution in [0.1, 0.15) is 34.3 Å². The summed E-state index contributed by atoms with van der Waals surface area (Å²) in [6, 6.07) is 15.3. The SMILES string of the molecule is Cc1cc(NC(=O)N(C)CC2(c3ccccc3)CC2)ccc1C(N)=O. The number of aryl methyl sites for hydroxylation is 1. The molecular formula is C20H23N3O2. The molecule has 0 saturated heterocycles. The van der Waals surface area contributed by atoms with Crippen LogP contribution < -0.4 is 11.1 Å². The highest BCUT2D eigenvalue weighted by molar-refractivity contribution is 5.96. The largest absolute Gasteiger partial charge is 0.366 e. The van der Waals surface area contributed by atoms with Crippen LogP contribution in [0, 0.1) is 6.92 Å². The van der Waals surface area contributed by atoms with E-state index in [0.29, 0.717) is 17.8 Å². The van der Waals surface area contributed by atoms with Gasteiger partial charge in [0.15, 0.2) is 0 Å². The molecule has 0 aliphatic heterocycles. The number of nitrogens with one attached hydrogen (secondary N) is 1. The van der Waals surface area contributed by atoms with Crippen LogP contribution in [0.3, 0.4) is 0 Å². The Morgan fingerprint density at radius 3 is 2.40 bits per heavy atom. The molecule has 3 amide bonds. The second kappa shape index (κ2) is 6.59. The molecule has 0 unspecified atom stereocenters. The Morgan fingerprint density at radius 2 is 1.84 bits per heavy atom. The Kier molecular flexibility index (Phi) is 4.49. The lowest BCUT2D eigenvalue weighted by molar-refractivity contribution is 0.0999. The van der Waals surface area contributed by atoms with Gasteiger partial charge in [-0.1, -0.05) is 30.3 Å². The van der Waals surface area contributed by atoms with Gasteiger partial charge in [0.1, 0.15) is 0 Å². The Labute approximate surface area is 147 Å². The van der Waals surface area contributed by atoms with Gasteiger partial charge in [-0.15, -0.1) is 0 Å². The Hall–Kier alpha value is -2.82. The van der Waals surface area contributed by atoms with Crippen molar-refractivity contribution >= 4 is 17.6 Å². The van der Waals surface area contributed by atoms with Gasteiger partial charge in [0.05, 0.1) is 0 Å². The maximum absolute atomic E-state index is 12.5. The van der Waals surface area contributed by atoms with E-state index < -0.39 is 5.91 Å². The number of hydrogen-bond donors (Lipinski definition) is 2. The lowest BCUT2D eigenvalue weighted by Gasteiger charge is -2.24. The van der Waals surface area contributed by atoms with Crippen molar-refractivity contribution in [2.75, 3.05) is 18.9 Å². The number of rotatable bonds is 5. The van der Waals surface area contributed by atoms with E-state index in [1.807, 2.05) is 25.2 Å². The summed E-state index contributed by atoms with van der Waals surface area (Å²) < 4.78 is 0. The van der Waals surface area contributed by atoms with E-state index in [9.17, 15) is 9.59 Å². The summed E-state index contributed by atoms with van der Waals surface area (Å²) in [5, 5.41) is 2.89. The number of anilines is 1. The van der Waals surface area contributed by atoms with Crippen molar-refractivity contribution in [1.82, 2.24) is 4.90 Å². The van der Waals surface area contributed by atoms with Crippen molar-refractivity contribution in [2.24, 2.45) is 5.73 Å². The molecule has 3 N–H and O–H groups in total. The fraction of sp³-hybridized carbons (Fsp3) is 0.300. The maximum atomic E-state index is 12.5. The zero-order valence-electron chi connectivity index (χ0n) is 14.6. The van der Waals surface area contributed by atoms with Crippen molar-refractivity contribution in [2.45, 2.75) is 25.2 Å². The van der Waals surface area contributed by atoms with Crippen LogP contribution in [0.5, 0.6) is 0 Å². The van der Waals surface area contributed by atoms with Gasteiger partial charge in [-0.25, -0.2) is 4.79 Å². The van der Waals surface area contributed by atoms with Gasteiger partial charge in [-0.3, -0.25) is 4.79 Å². The maximum Gasteiger partial charge on any atom is 0.321 e. The van der Waals surface area contributed by atoms with Crippen molar-refractivity contribution in [3.05, 3.63) is 65.2 Å². The molecule has 1 saturated carbocycles. The van der Waals surface area contributed by atoms with E-state index in [0.717, 1.165) is 18.4 Å². The first-order valence-corrected chi connectivity index (χ1v) is 8.39. The number of hydrogen-bond acceptors (Lipinski definition) is 2. The lowest BCUT2D eigenvalue weighted by Crippen LogP contribution is -2.37. The Bertz CT molecular complexity index is 798. The molecule has 0 heterocycles. The molecule has 1 fully saturated rings. The van der Waals surface area contributed by atoms with Crippen LogP contribution >= 0.6 is 0 Å². The third-order valence-corrected chi connectivity index (χ3v) is 4.87. The van der Waals surface area contributed by atoms with Gasteiger partial charge in [-0.05, 0) is 49.1 Å². The molecule has 0 bridgehead atoms. The van der Waals surface area contributed by atoms with Gasteiger partial charge < -0.3 is 16.0 Å². The van der Waals surface area contributed by atoms with Crippen LogP contribution in [0.25, 0.3) is 0 Å². The molecule has 1 aliphatic rings. The lowest BCUT2D eigenvalue weighted by atomic mass is 9.95. The van der Waals surface area contributed by atoms with Crippen molar-refractivity contribution in [3.63, 3.8) is 0 Å². The van der Waals surface area contributed by atoms with E-state index in [1.165, 1.54) is 5.56 Å². The molecule has 0 spiro atoms. The minimum absolute atomic E-state index is 0.0824. The summed E-state index contributed by atoms with van der Waals surface area (Å²) in [6.45, 7) is 2.48.